The number of thiazole rings is 1. The fourth-order valence-corrected chi connectivity index (χ4v) is 1.99. The van der Waals surface area contributed by atoms with Crippen LogP contribution in [0.5, 0.6) is 0 Å². The summed E-state index contributed by atoms with van der Waals surface area (Å²) in [7, 11) is 1.95. The van der Waals surface area contributed by atoms with Crippen LogP contribution in [0.2, 0.25) is 0 Å². The highest BCUT2D eigenvalue weighted by molar-refractivity contribution is 7.09. The molecule has 5 heteroatoms. The molecule has 80 valence electrons. The lowest BCUT2D eigenvalue weighted by Crippen LogP contribution is -2.10. The zero-order valence-electron chi connectivity index (χ0n) is 8.68. The fourth-order valence-electron chi connectivity index (χ4n) is 1.36. The van der Waals surface area contributed by atoms with Crippen LogP contribution in [0.25, 0.3) is 0 Å². The lowest BCUT2D eigenvalue weighted by atomic mass is 10.3. The molecule has 0 aliphatic carbocycles. The number of nitrogens with one attached hydrogen (secondary N) is 1. The minimum absolute atomic E-state index is 0.824. The van der Waals surface area contributed by atoms with E-state index in [0.29, 0.717) is 0 Å². The zero-order chi connectivity index (χ0) is 10.5. The predicted octanol–water partition coefficient (Wildman–Crippen LogP) is 1.15. The van der Waals surface area contributed by atoms with Crippen molar-refractivity contribution in [3.05, 3.63) is 34.8 Å². The van der Waals surface area contributed by atoms with Crippen LogP contribution in [-0.4, -0.2) is 28.1 Å². The first-order valence-electron chi connectivity index (χ1n) is 4.92. The number of rotatable bonds is 5. The van der Waals surface area contributed by atoms with E-state index in [1.165, 1.54) is 0 Å². The highest BCUT2D eigenvalue weighted by atomic mass is 32.1. The SMILES string of the molecule is CNCCc1cn(Cc2nccs2)cn1. The third kappa shape index (κ3) is 2.87. The molecule has 0 unspecified atom stereocenters. The van der Waals surface area contributed by atoms with E-state index in [0.717, 1.165) is 30.2 Å². The third-order valence-corrected chi connectivity index (χ3v) is 2.88. The maximum Gasteiger partial charge on any atom is 0.112 e. The van der Waals surface area contributed by atoms with Gasteiger partial charge in [0.15, 0.2) is 0 Å². The average molecular weight is 222 g/mol. The summed E-state index contributed by atoms with van der Waals surface area (Å²) in [6.07, 6.45) is 6.76. The number of aromatic nitrogens is 3. The Morgan fingerprint density at radius 2 is 2.40 bits per heavy atom. The molecule has 1 N–H and O–H groups in total. The molecule has 0 atom stereocenters. The molecule has 0 bridgehead atoms. The van der Waals surface area contributed by atoms with Crippen LogP contribution in [0.4, 0.5) is 0 Å². The molecule has 2 aromatic heterocycles. The molecule has 2 rings (SSSR count). The summed E-state index contributed by atoms with van der Waals surface area (Å²) in [6.45, 7) is 1.79. The molecular formula is C10H14N4S. The van der Waals surface area contributed by atoms with Gasteiger partial charge in [-0.2, -0.15) is 0 Å². The lowest BCUT2D eigenvalue weighted by Gasteiger charge is -1.97. The minimum Gasteiger partial charge on any atom is -0.330 e. The van der Waals surface area contributed by atoms with Crippen molar-refractivity contribution in [3.63, 3.8) is 0 Å². The summed E-state index contributed by atoms with van der Waals surface area (Å²) in [6, 6.07) is 0. The van der Waals surface area contributed by atoms with Crippen LogP contribution in [0.1, 0.15) is 10.7 Å². The van der Waals surface area contributed by atoms with Crippen molar-refractivity contribution in [2.24, 2.45) is 0 Å². The molecule has 0 aliphatic rings. The first kappa shape index (κ1) is 10.3. The van der Waals surface area contributed by atoms with Gasteiger partial charge in [0, 0.05) is 30.7 Å². The van der Waals surface area contributed by atoms with Gasteiger partial charge in [-0.05, 0) is 7.05 Å². The molecule has 0 saturated heterocycles. The number of nitrogens with zero attached hydrogens (tertiary/aromatic N) is 3. The van der Waals surface area contributed by atoms with E-state index < -0.39 is 0 Å². The van der Waals surface area contributed by atoms with E-state index in [1.54, 1.807) is 11.3 Å². The molecule has 0 spiro atoms. The van der Waals surface area contributed by atoms with Crippen molar-refractivity contribution in [2.45, 2.75) is 13.0 Å². The first-order valence-corrected chi connectivity index (χ1v) is 5.80. The fraction of sp³-hybridized carbons (Fsp3) is 0.400. The molecule has 0 aliphatic heterocycles. The Morgan fingerprint density at radius 3 is 3.13 bits per heavy atom. The monoisotopic (exact) mass is 222 g/mol. The van der Waals surface area contributed by atoms with E-state index in [-0.39, 0.29) is 0 Å². The van der Waals surface area contributed by atoms with E-state index in [2.05, 4.69) is 26.0 Å². The van der Waals surface area contributed by atoms with E-state index in [4.69, 9.17) is 0 Å². The van der Waals surface area contributed by atoms with Gasteiger partial charge in [-0.15, -0.1) is 11.3 Å². The summed E-state index contributed by atoms with van der Waals surface area (Å²) >= 11 is 1.67. The molecule has 2 aromatic rings. The molecule has 2 heterocycles. The summed E-state index contributed by atoms with van der Waals surface area (Å²) in [5.41, 5.74) is 1.13. The molecule has 0 saturated carbocycles. The molecule has 0 aromatic carbocycles. The van der Waals surface area contributed by atoms with Crippen LogP contribution in [-0.2, 0) is 13.0 Å². The second kappa shape index (κ2) is 5.04. The number of likely N-dealkylation sites (N-methyl/N-ethyl adjacent to an activating group) is 1. The Bertz CT molecular complexity index is 393. The van der Waals surface area contributed by atoms with Gasteiger partial charge in [-0.3, -0.25) is 0 Å². The first-order chi connectivity index (χ1) is 7.38. The normalized spacial score (nSPS) is 10.7. The smallest absolute Gasteiger partial charge is 0.112 e. The Hall–Kier alpha value is -1.20. The highest BCUT2D eigenvalue weighted by Gasteiger charge is 2.00. The van der Waals surface area contributed by atoms with Crippen molar-refractivity contribution >= 4 is 11.3 Å². The summed E-state index contributed by atoms with van der Waals surface area (Å²) in [5, 5.41) is 6.22. The van der Waals surface area contributed by atoms with Gasteiger partial charge >= 0.3 is 0 Å². The van der Waals surface area contributed by atoms with Crippen molar-refractivity contribution in [3.8, 4) is 0 Å². The van der Waals surface area contributed by atoms with Gasteiger partial charge in [0.25, 0.3) is 0 Å². The second-order valence-corrected chi connectivity index (χ2v) is 4.30. The van der Waals surface area contributed by atoms with Crippen LogP contribution in [0, 0.1) is 0 Å². The van der Waals surface area contributed by atoms with Crippen LogP contribution < -0.4 is 5.32 Å². The van der Waals surface area contributed by atoms with Gasteiger partial charge in [0.1, 0.15) is 5.01 Å². The Morgan fingerprint density at radius 1 is 1.47 bits per heavy atom. The molecule has 0 radical (unpaired) electrons. The molecule has 0 amide bonds. The van der Waals surface area contributed by atoms with Crippen molar-refractivity contribution < 1.29 is 0 Å². The maximum atomic E-state index is 4.33. The van der Waals surface area contributed by atoms with Crippen LogP contribution >= 0.6 is 11.3 Å². The van der Waals surface area contributed by atoms with Gasteiger partial charge in [0.2, 0.25) is 0 Å². The molecule has 15 heavy (non-hydrogen) atoms. The van der Waals surface area contributed by atoms with Crippen molar-refractivity contribution in [1.82, 2.24) is 19.9 Å². The standard InChI is InChI=1S/C10H14N4S/c1-11-3-2-9-6-14(8-13-9)7-10-12-4-5-15-10/h4-6,8,11H,2-3,7H2,1H3. The number of hydrogen-bond acceptors (Lipinski definition) is 4. The topological polar surface area (TPSA) is 42.7 Å². The average Bonchev–Trinajstić information content (AvgIpc) is 2.87. The van der Waals surface area contributed by atoms with E-state index in [9.17, 15) is 0 Å². The van der Waals surface area contributed by atoms with Gasteiger partial charge in [0.05, 0.1) is 18.6 Å². The lowest BCUT2D eigenvalue weighted by molar-refractivity contribution is 0.772. The van der Waals surface area contributed by atoms with Crippen LogP contribution in [0.15, 0.2) is 24.1 Å². The zero-order valence-corrected chi connectivity index (χ0v) is 9.50. The molecular weight excluding hydrogens is 208 g/mol. The number of imidazole rings is 1. The van der Waals surface area contributed by atoms with Crippen LogP contribution in [0.3, 0.4) is 0 Å². The Kier molecular flexibility index (Phi) is 3.47. The molecule has 4 nitrogen and oxygen atoms in total. The quantitative estimate of drug-likeness (QED) is 0.825. The summed E-state index contributed by atoms with van der Waals surface area (Å²) in [5.74, 6) is 0. The summed E-state index contributed by atoms with van der Waals surface area (Å²) in [4.78, 5) is 8.57. The third-order valence-electron chi connectivity index (χ3n) is 2.12. The van der Waals surface area contributed by atoms with E-state index in [1.807, 2.05) is 25.0 Å². The van der Waals surface area contributed by atoms with Gasteiger partial charge in [-0.25, -0.2) is 9.97 Å². The van der Waals surface area contributed by atoms with Gasteiger partial charge in [-0.1, -0.05) is 0 Å². The largest absolute Gasteiger partial charge is 0.330 e. The Labute approximate surface area is 93.0 Å². The van der Waals surface area contributed by atoms with E-state index >= 15 is 0 Å². The minimum atomic E-state index is 0.824. The summed E-state index contributed by atoms with van der Waals surface area (Å²) < 4.78 is 2.07. The predicted molar refractivity (Wildman–Crippen MR) is 61.1 cm³/mol. The van der Waals surface area contributed by atoms with Gasteiger partial charge < -0.3 is 9.88 Å². The highest BCUT2D eigenvalue weighted by Crippen LogP contribution is 2.07. The number of hydrogen-bond donors (Lipinski definition) is 1. The van der Waals surface area contributed by atoms with Crippen molar-refractivity contribution in [1.29, 1.82) is 0 Å². The molecule has 0 fully saturated rings. The maximum absolute atomic E-state index is 4.33. The Balaban J connectivity index is 1.95. The second-order valence-electron chi connectivity index (χ2n) is 3.32. The van der Waals surface area contributed by atoms with Crippen molar-refractivity contribution in [2.75, 3.05) is 13.6 Å².